The Bertz CT molecular complexity index is 1490. The first-order valence-corrected chi connectivity index (χ1v) is 12.7. The summed E-state index contributed by atoms with van der Waals surface area (Å²) >= 11 is 0. The molecule has 0 aliphatic carbocycles. The highest BCUT2D eigenvalue weighted by atomic mass is 32.2. The van der Waals surface area contributed by atoms with Crippen molar-refractivity contribution in [2.75, 3.05) is 16.2 Å². The second-order valence-corrected chi connectivity index (χ2v) is 10.4. The number of nitrogens with zero attached hydrogens (tertiary/aromatic N) is 3. The van der Waals surface area contributed by atoms with E-state index in [9.17, 15) is 12.8 Å². The van der Waals surface area contributed by atoms with Crippen LogP contribution in [0.4, 0.5) is 16.0 Å². The fourth-order valence-corrected chi connectivity index (χ4v) is 4.99. The summed E-state index contributed by atoms with van der Waals surface area (Å²) in [5, 5.41) is 0.911. The Hall–Kier alpha value is -3.79. The van der Waals surface area contributed by atoms with E-state index in [1.165, 1.54) is 12.3 Å². The maximum absolute atomic E-state index is 14.8. The molecule has 2 aromatic heterocycles. The largest absolute Gasteiger partial charge is 0.437 e. The Kier molecular flexibility index (Phi) is 6.83. The number of halogens is 1. The van der Waals surface area contributed by atoms with E-state index in [0.717, 1.165) is 5.56 Å². The lowest BCUT2D eigenvalue weighted by Crippen LogP contribution is -2.19. The van der Waals surface area contributed by atoms with Crippen LogP contribution in [0.1, 0.15) is 25.8 Å². The fourth-order valence-electron chi connectivity index (χ4n) is 3.58. The molecule has 0 radical (unpaired) electrons. The number of nitrogen functional groups attached to an aromatic ring is 1. The molecule has 4 rings (SSSR count). The molecule has 0 aliphatic heterocycles. The average molecular weight is 496 g/mol. The molecule has 35 heavy (non-hydrogen) atoms. The van der Waals surface area contributed by atoms with Crippen LogP contribution < -0.4 is 15.2 Å². The van der Waals surface area contributed by atoms with Crippen LogP contribution in [0.5, 0.6) is 11.6 Å². The van der Waals surface area contributed by atoms with E-state index in [0.29, 0.717) is 34.2 Å². The molecule has 0 atom stereocenters. The molecule has 0 aliphatic rings. The van der Waals surface area contributed by atoms with Crippen LogP contribution in [0.2, 0.25) is 0 Å². The number of sulfonamides is 1. The van der Waals surface area contributed by atoms with Gasteiger partial charge >= 0.3 is 0 Å². The van der Waals surface area contributed by atoms with Crippen molar-refractivity contribution < 1.29 is 17.5 Å². The number of aromatic nitrogens is 3. The molecular weight excluding hydrogens is 469 g/mol. The molecule has 3 N–H and O–H groups in total. The SMILES string of the molecule is Cc1ccc2c(NS(=O)(=O)CCC(C)C)c(F)ccc2c1Oc1ncccc1-c1ccnc(N)n1. The summed E-state index contributed by atoms with van der Waals surface area (Å²) in [4.78, 5) is 12.5. The Morgan fingerprint density at radius 2 is 1.83 bits per heavy atom. The first-order valence-electron chi connectivity index (χ1n) is 11.1. The number of hydrogen-bond donors (Lipinski definition) is 2. The molecule has 2 heterocycles. The van der Waals surface area contributed by atoms with E-state index in [1.807, 2.05) is 20.8 Å². The molecule has 0 saturated heterocycles. The summed E-state index contributed by atoms with van der Waals surface area (Å²) in [6.07, 6.45) is 3.58. The number of rotatable bonds is 8. The fraction of sp³-hybridized carbons (Fsp3) is 0.240. The van der Waals surface area contributed by atoms with Gasteiger partial charge in [0.05, 0.1) is 22.7 Å². The van der Waals surface area contributed by atoms with Crippen LogP contribution in [0.15, 0.2) is 54.9 Å². The Morgan fingerprint density at radius 1 is 1.06 bits per heavy atom. The number of aryl methyl sites for hydroxylation is 1. The van der Waals surface area contributed by atoms with Gasteiger partial charge in [-0.15, -0.1) is 0 Å². The predicted molar refractivity (Wildman–Crippen MR) is 135 cm³/mol. The number of nitrogens with two attached hydrogens (primary N) is 1. The van der Waals surface area contributed by atoms with Crippen LogP contribution in [-0.4, -0.2) is 29.1 Å². The van der Waals surface area contributed by atoms with E-state index < -0.39 is 15.8 Å². The molecule has 8 nitrogen and oxygen atoms in total. The Labute approximate surface area is 203 Å². The summed E-state index contributed by atoms with van der Waals surface area (Å²) in [6, 6.07) is 11.4. The normalized spacial score (nSPS) is 11.7. The third-order valence-corrected chi connectivity index (χ3v) is 6.73. The number of ether oxygens (including phenoxy) is 1. The monoisotopic (exact) mass is 495 g/mol. The number of fused-ring (bicyclic) bond motifs is 1. The lowest BCUT2D eigenvalue weighted by molar-refractivity contribution is 0.466. The molecule has 4 aromatic rings. The minimum Gasteiger partial charge on any atom is -0.437 e. The molecule has 0 amide bonds. The molecule has 0 unspecified atom stereocenters. The van der Waals surface area contributed by atoms with E-state index in [-0.39, 0.29) is 29.2 Å². The quantitative estimate of drug-likeness (QED) is 0.340. The van der Waals surface area contributed by atoms with Gasteiger partial charge in [-0.05, 0) is 55.2 Å². The van der Waals surface area contributed by atoms with Crippen molar-refractivity contribution in [2.24, 2.45) is 5.92 Å². The van der Waals surface area contributed by atoms with E-state index in [1.54, 1.807) is 42.6 Å². The highest BCUT2D eigenvalue weighted by Gasteiger charge is 2.20. The van der Waals surface area contributed by atoms with Crippen LogP contribution in [0.3, 0.4) is 0 Å². The maximum atomic E-state index is 14.8. The topological polar surface area (TPSA) is 120 Å². The van der Waals surface area contributed by atoms with E-state index in [4.69, 9.17) is 10.5 Å². The number of pyridine rings is 1. The van der Waals surface area contributed by atoms with Gasteiger partial charge in [-0.3, -0.25) is 4.72 Å². The molecular formula is C25H26FN5O3S. The first kappa shape index (κ1) is 24.3. The van der Waals surface area contributed by atoms with Gasteiger partial charge in [0, 0.05) is 23.2 Å². The van der Waals surface area contributed by atoms with Gasteiger partial charge in [0.2, 0.25) is 21.9 Å². The zero-order valence-electron chi connectivity index (χ0n) is 19.6. The molecule has 0 spiro atoms. The van der Waals surface area contributed by atoms with Crippen molar-refractivity contribution in [1.82, 2.24) is 15.0 Å². The van der Waals surface area contributed by atoms with Gasteiger partial charge in [0.25, 0.3) is 0 Å². The molecule has 2 aromatic carbocycles. The van der Waals surface area contributed by atoms with Crippen molar-refractivity contribution in [1.29, 1.82) is 0 Å². The van der Waals surface area contributed by atoms with Crippen molar-refractivity contribution >= 4 is 32.4 Å². The van der Waals surface area contributed by atoms with Gasteiger partial charge < -0.3 is 10.5 Å². The number of hydrogen-bond acceptors (Lipinski definition) is 7. The van der Waals surface area contributed by atoms with Gasteiger partial charge in [-0.25, -0.2) is 27.8 Å². The van der Waals surface area contributed by atoms with E-state index >= 15 is 0 Å². The van der Waals surface area contributed by atoms with Gasteiger partial charge in [0.15, 0.2) is 0 Å². The number of benzene rings is 2. The number of nitrogens with one attached hydrogen (secondary N) is 1. The second-order valence-electron chi connectivity index (χ2n) is 8.59. The summed E-state index contributed by atoms with van der Waals surface area (Å²) < 4.78 is 48.8. The molecule has 0 bridgehead atoms. The lowest BCUT2D eigenvalue weighted by Gasteiger charge is -2.17. The minimum atomic E-state index is -3.74. The lowest BCUT2D eigenvalue weighted by atomic mass is 10.0. The second kappa shape index (κ2) is 9.83. The smallest absolute Gasteiger partial charge is 0.232 e. The summed E-state index contributed by atoms with van der Waals surface area (Å²) in [5.74, 6) is 0.231. The zero-order valence-corrected chi connectivity index (χ0v) is 20.4. The minimum absolute atomic E-state index is 0.102. The Balaban J connectivity index is 1.78. The summed E-state index contributed by atoms with van der Waals surface area (Å²) in [5.41, 5.74) is 7.51. The zero-order chi connectivity index (χ0) is 25.2. The summed E-state index contributed by atoms with van der Waals surface area (Å²) in [7, 11) is -3.74. The van der Waals surface area contributed by atoms with Gasteiger partial charge in [-0.2, -0.15) is 0 Å². The van der Waals surface area contributed by atoms with Crippen molar-refractivity contribution in [3.63, 3.8) is 0 Å². The molecule has 10 heteroatoms. The van der Waals surface area contributed by atoms with Crippen molar-refractivity contribution in [2.45, 2.75) is 27.2 Å². The van der Waals surface area contributed by atoms with Crippen LogP contribution in [0.25, 0.3) is 22.0 Å². The van der Waals surface area contributed by atoms with Crippen molar-refractivity contribution in [3.05, 3.63) is 66.2 Å². The van der Waals surface area contributed by atoms with Crippen molar-refractivity contribution in [3.8, 4) is 22.9 Å². The molecule has 182 valence electrons. The third-order valence-electron chi connectivity index (χ3n) is 5.44. The standard InChI is InChI=1S/C25H26FN5O3S/c1-15(2)11-14-35(32,33)31-22-17-7-6-16(3)23(18(17)8-9-20(22)26)34-24-19(5-4-12-28-24)21-10-13-29-25(27)30-21/h4-10,12-13,15,31H,11,14H2,1-3H3,(H2,27,29,30). The third kappa shape index (κ3) is 5.48. The summed E-state index contributed by atoms with van der Waals surface area (Å²) in [6.45, 7) is 5.71. The van der Waals surface area contributed by atoms with Crippen LogP contribution in [0, 0.1) is 18.7 Å². The predicted octanol–water partition coefficient (Wildman–Crippen LogP) is 5.30. The average Bonchev–Trinajstić information content (AvgIpc) is 2.81. The maximum Gasteiger partial charge on any atom is 0.232 e. The Morgan fingerprint density at radius 3 is 2.57 bits per heavy atom. The van der Waals surface area contributed by atoms with E-state index in [2.05, 4.69) is 19.7 Å². The molecule has 0 saturated carbocycles. The first-order chi connectivity index (χ1) is 16.6. The van der Waals surface area contributed by atoms with Crippen LogP contribution in [-0.2, 0) is 10.0 Å². The highest BCUT2D eigenvalue weighted by molar-refractivity contribution is 7.92. The molecule has 0 fully saturated rings. The highest BCUT2D eigenvalue weighted by Crippen LogP contribution is 2.39. The van der Waals surface area contributed by atoms with Gasteiger partial charge in [-0.1, -0.05) is 26.0 Å². The van der Waals surface area contributed by atoms with Gasteiger partial charge in [0.1, 0.15) is 11.6 Å². The van der Waals surface area contributed by atoms with Crippen LogP contribution >= 0.6 is 0 Å². The number of anilines is 2.